The van der Waals surface area contributed by atoms with E-state index in [1.807, 2.05) is 0 Å². The van der Waals surface area contributed by atoms with Gasteiger partial charge in [0.15, 0.2) is 10.9 Å². The van der Waals surface area contributed by atoms with Crippen LogP contribution in [0.2, 0.25) is 0 Å². The lowest BCUT2D eigenvalue weighted by molar-refractivity contribution is -0.136. The summed E-state index contributed by atoms with van der Waals surface area (Å²) in [5.74, 6) is 0.490. The number of sulfonamides is 1. The summed E-state index contributed by atoms with van der Waals surface area (Å²) in [5, 5.41) is 8.69. The van der Waals surface area contributed by atoms with Crippen molar-refractivity contribution in [2.45, 2.75) is 18.0 Å². The highest BCUT2D eigenvalue weighted by atomic mass is 32.2. The van der Waals surface area contributed by atoms with E-state index >= 15 is 0 Å². The Morgan fingerprint density at radius 2 is 1.73 bits per heavy atom. The molecule has 30 heavy (non-hydrogen) atoms. The highest BCUT2D eigenvalue weighted by Gasteiger charge is 2.33. The summed E-state index contributed by atoms with van der Waals surface area (Å²) >= 11 is 5.06. The average molecular weight is 456 g/mol. The van der Waals surface area contributed by atoms with E-state index in [0.29, 0.717) is 11.4 Å². The molecular formula is C18H15F3N4O3S2. The van der Waals surface area contributed by atoms with Crippen LogP contribution in [0.25, 0.3) is 0 Å². The Hall–Kier alpha value is -3.12. The summed E-state index contributed by atoms with van der Waals surface area (Å²) in [5.41, 5.74) is -0.674. The highest BCUT2D eigenvalue weighted by Crippen LogP contribution is 2.34. The summed E-state index contributed by atoms with van der Waals surface area (Å²) < 4.78 is 71.0. The van der Waals surface area contributed by atoms with E-state index in [9.17, 15) is 21.6 Å². The van der Waals surface area contributed by atoms with E-state index < -0.39 is 21.8 Å². The van der Waals surface area contributed by atoms with Crippen molar-refractivity contribution in [3.63, 3.8) is 0 Å². The molecule has 3 N–H and O–H groups in total. The molecule has 0 fully saturated rings. The molecule has 12 heteroatoms. The van der Waals surface area contributed by atoms with Crippen LogP contribution >= 0.6 is 12.2 Å². The molecule has 158 valence electrons. The third kappa shape index (κ3) is 5.27. The molecule has 0 bridgehead atoms. The van der Waals surface area contributed by atoms with E-state index in [1.54, 1.807) is 6.92 Å². The fraction of sp³-hybridized carbons (Fsp3) is 0.111. The number of nitrogens with zero attached hydrogens (tertiary/aromatic N) is 1. The van der Waals surface area contributed by atoms with E-state index in [0.717, 1.165) is 6.07 Å². The number of nitrogens with one attached hydrogen (secondary N) is 3. The molecule has 0 atom stereocenters. The van der Waals surface area contributed by atoms with Crippen molar-refractivity contribution in [2.75, 3.05) is 15.4 Å². The van der Waals surface area contributed by atoms with Crippen LogP contribution < -0.4 is 15.4 Å². The van der Waals surface area contributed by atoms with Crippen molar-refractivity contribution in [1.82, 2.24) is 5.16 Å². The molecule has 0 aliphatic carbocycles. The zero-order valence-electron chi connectivity index (χ0n) is 15.3. The number of rotatable bonds is 5. The van der Waals surface area contributed by atoms with Gasteiger partial charge in [0.2, 0.25) is 0 Å². The largest absolute Gasteiger partial charge is 0.418 e. The molecule has 0 unspecified atom stereocenters. The maximum Gasteiger partial charge on any atom is 0.418 e. The molecule has 1 aromatic heterocycles. The van der Waals surface area contributed by atoms with Crippen molar-refractivity contribution in [1.29, 1.82) is 0 Å². The van der Waals surface area contributed by atoms with Gasteiger partial charge in [0.25, 0.3) is 10.0 Å². The van der Waals surface area contributed by atoms with Crippen molar-refractivity contribution in [3.8, 4) is 0 Å². The zero-order chi connectivity index (χ0) is 21.9. The number of aromatic nitrogens is 1. The lowest BCUT2D eigenvalue weighted by Crippen LogP contribution is -2.21. The summed E-state index contributed by atoms with van der Waals surface area (Å²) in [7, 11) is -3.89. The molecule has 0 spiro atoms. The van der Waals surface area contributed by atoms with Crippen LogP contribution in [0.15, 0.2) is 64.0 Å². The Labute approximate surface area is 175 Å². The zero-order valence-corrected chi connectivity index (χ0v) is 17.0. The first-order valence-corrected chi connectivity index (χ1v) is 10.2. The van der Waals surface area contributed by atoms with Crippen LogP contribution in [0, 0.1) is 6.92 Å². The maximum absolute atomic E-state index is 13.1. The molecule has 7 nitrogen and oxygen atoms in total. The first-order chi connectivity index (χ1) is 14.0. The Bertz CT molecular complexity index is 1160. The predicted octanol–water partition coefficient (Wildman–Crippen LogP) is 4.61. The minimum absolute atomic E-state index is 0.0448. The summed E-state index contributed by atoms with van der Waals surface area (Å²) in [6.07, 6.45) is -4.54. The quantitative estimate of drug-likeness (QED) is 0.483. The molecule has 0 saturated carbocycles. The Morgan fingerprint density at radius 3 is 2.33 bits per heavy atom. The first kappa shape index (κ1) is 21.6. The third-order valence-electron chi connectivity index (χ3n) is 3.77. The Balaban J connectivity index is 1.68. The number of anilines is 3. The molecule has 0 saturated heterocycles. The lowest BCUT2D eigenvalue weighted by Gasteiger charge is -2.16. The van der Waals surface area contributed by atoms with Gasteiger partial charge in [0.1, 0.15) is 5.76 Å². The number of hydrogen-bond donors (Lipinski definition) is 3. The van der Waals surface area contributed by atoms with Gasteiger partial charge in [0, 0.05) is 11.8 Å². The van der Waals surface area contributed by atoms with Gasteiger partial charge in [-0.2, -0.15) is 13.2 Å². The summed E-state index contributed by atoms with van der Waals surface area (Å²) in [4.78, 5) is -0.0463. The number of benzene rings is 2. The molecule has 1 heterocycles. The molecule has 2 aromatic carbocycles. The van der Waals surface area contributed by atoms with Crippen LogP contribution in [-0.4, -0.2) is 18.7 Å². The normalized spacial score (nSPS) is 11.7. The summed E-state index contributed by atoms with van der Waals surface area (Å²) in [6.45, 7) is 1.62. The second kappa shape index (κ2) is 8.32. The Morgan fingerprint density at radius 1 is 1.07 bits per heavy atom. The molecule has 0 aliphatic rings. The topological polar surface area (TPSA) is 96.3 Å². The van der Waals surface area contributed by atoms with Gasteiger partial charge in [-0.1, -0.05) is 17.3 Å². The van der Waals surface area contributed by atoms with Gasteiger partial charge in [-0.3, -0.25) is 4.72 Å². The molecule has 3 rings (SSSR count). The van der Waals surface area contributed by atoms with Crippen LogP contribution in [-0.2, 0) is 16.2 Å². The molecule has 0 radical (unpaired) electrons. The van der Waals surface area contributed by atoms with Gasteiger partial charge in [-0.15, -0.1) is 0 Å². The number of para-hydroxylation sites is 1. The number of aryl methyl sites for hydroxylation is 1. The van der Waals surface area contributed by atoms with Crippen molar-refractivity contribution < 1.29 is 26.1 Å². The highest BCUT2D eigenvalue weighted by molar-refractivity contribution is 7.92. The number of halogens is 3. The second-order valence-corrected chi connectivity index (χ2v) is 8.17. The second-order valence-electron chi connectivity index (χ2n) is 6.08. The lowest BCUT2D eigenvalue weighted by atomic mass is 10.1. The summed E-state index contributed by atoms with van der Waals surface area (Å²) in [6, 6.07) is 11.8. The standard InChI is InChI=1S/C18H15F3N4O3S2/c1-11-10-16(24-28-11)25-30(26,27)13-8-6-12(7-9-13)22-17(29)23-15-5-3-2-4-14(15)18(19,20)21/h2-10H,1H3,(H,24,25)(H2,22,23,29). The smallest absolute Gasteiger partial charge is 0.360 e. The molecule has 0 amide bonds. The van der Waals surface area contributed by atoms with Gasteiger partial charge < -0.3 is 15.2 Å². The van der Waals surface area contributed by atoms with Crippen molar-refractivity contribution in [3.05, 3.63) is 65.9 Å². The van der Waals surface area contributed by atoms with Crippen LogP contribution in [0.5, 0.6) is 0 Å². The van der Waals surface area contributed by atoms with E-state index in [2.05, 4.69) is 20.5 Å². The predicted molar refractivity (Wildman–Crippen MR) is 110 cm³/mol. The van der Waals surface area contributed by atoms with Gasteiger partial charge in [-0.25, -0.2) is 8.42 Å². The van der Waals surface area contributed by atoms with Crippen LogP contribution in [0.3, 0.4) is 0 Å². The molecular weight excluding hydrogens is 441 g/mol. The fourth-order valence-corrected chi connectivity index (χ4v) is 3.66. The maximum atomic E-state index is 13.1. The third-order valence-corrected chi connectivity index (χ3v) is 5.34. The van der Waals surface area contributed by atoms with E-state index in [-0.39, 0.29) is 21.5 Å². The Kier molecular flexibility index (Phi) is 5.99. The van der Waals surface area contributed by atoms with E-state index in [4.69, 9.17) is 16.7 Å². The minimum Gasteiger partial charge on any atom is -0.360 e. The van der Waals surface area contributed by atoms with Crippen molar-refractivity contribution in [2.24, 2.45) is 0 Å². The van der Waals surface area contributed by atoms with Crippen LogP contribution in [0.4, 0.5) is 30.4 Å². The van der Waals surface area contributed by atoms with Gasteiger partial charge in [0.05, 0.1) is 16.1 Å². The van der Waals surface area contributed by atoms with Crippen molar-refractivity contribution >= 4 is 44.5 Å². The number of thiocarbonyl (C=S) groups is 1. The van der Waals surface area contributed by atoms with Gasteiger partial charge >= 0.3 is 6.18 Å². The number of alkyl halides is 3. The SMILES string of the molecule is Cc1cc(NS(=O)(=O)c2ccc(NC(=S)Nc3ccccc3C(F)(F)F)cc2)no1. The monoisotopic (exact) mass is 456 g/mol. The van der Waals surface area contributed by atoms with Crippen LogP contribution in [0.1, 0.15) is 11.3 Å². The fourth-order valence-electron chi connectivity index (χ4n) is 2.45. The average Bonchev–Trinajstić information content (AvgIpc) is 3.05. The molecule has 0 aliphatic heterocycles. The van der Waals surface area contributed by atoms with Gasteiger partial charge in [-0.05, 0) is 55.5 Å². The van der Waals surface area contributed by atoms with E-state index in [1.165, 1.54) is 48.5 Å². The number of hydrogen-bond acceptors (Lipinski definition) is 5. The molecule has 3 aromatic rings. The first-order valence-electron chi connectivity index (χ1n) is 8.35. The minimum atomic E-state index is -4.54.